The van der Waals surface area contributed by atoms with Gasteiger partial charge in [0.15, 0.2) is 0 Å². The number of ether oxygens (including phenoxy) is 1. The summed E-state index contributed by atoms with van der Waals surface area (Å²) in [6.45, 7) is 4.02. The number of likely N-dealkylation sites (tertiary alicyclic amines) is 1. The number of amides is 1. The topological polar surface area (TPSA) is 53.6 Å². The highest BCUT2D eigenvalue weighted by Gasteiger charge is 2.29. The predicted molar refractivity (Wildman–Crippen MR) is 70.5 cm³/mol. The Hall–Kier alpha value is -0.650. The van der Waals surface area contributed by atoms with Gasteiger partial charge in [0.25, 0.3) is 0 Å². The highest BCUT2D eigenvalue weighted by molar-refractivity contribution is 5.77. The summed E-state index contributed by atoms with van der Waals surface area (Å²) in [5, 5.41) is 6.57. The van der Waals surface area contributed by atoms with Crippen molar-refractivity contribution in [2.24, 2.45) is 0 Å². The van der Waals surface area contributed by atoms with Gasteiger partial charge in [0.1, 0.15) is 0 Å². The predicted octanol–water partition coefficient (Wildman–Crippen LogP) is -0.0346. The van der Waals surface area contributed by atoms with Crippen LogP contribution in [0.5, 0.6) is 0 Å². The molecule has 104 valence electrons. The minimum Gasteiger partial charge on any atom is -0.385 e. The lowest BCUT2D eigenvalue weighted by Crippen LogP contribution is -2.42. The maximum atomic E-state index is 11.8. The highest BCUT2D eigenvalue weighted by Crippen LogP contribution is 2.19. The molecule has 2 fully saturated rings. The SMILES string of the molecule is COCCCNC(=O)CN1CCC2CCC(C1)N2. The van der Waals surface area contributed by atoms with E-state index in [1.54, 1.807) is 7.11 Å². The Bertz CT molecular complexity index is 273. The normalized spacial score (nSPS) is 28.1. The quantitative estimate of drug-likeness (QED) is 0.654. The third kappa shape index (κ3) is 4.23. The van der Waals surface area contributed by atoms with Gasteiger partial charge in [-0.15, -0.1) is 0 Å². The average Bonchev–Trinajstić information content (AvgIpc) is 2.69. The van der Waals surface area contributed by atoms with E-state index in [1.165, 1.54) is 19.3 Å². The van der Waals surface area contributed by atoms with E-state index >= 15 is 0 Å². The molecule has 0 radical (unpaired) electrons. The van der Waals surface area contributed by atoms with Gasteiger partial charge in [0, 0.05) is 45.4 Å². The highest BCUT2D eigenvalue weighted by atomic mass is 16.5. The van der Waals surface area contributed by atoms with Crippen LogP contribution in [0.1, 0.15) is 25.7 Å². The number of hydrogen-bond acceptors (Lipinski definition) is 4. The van der Waals surface area contributed by atoms with Crippen LogP contribution in [0.2, 0.25) is 0 Å². The van der Waals surface area contributed by atoms with E-state index in [-0.39, 0.29) is 5.91 Å². The molecule has 2 bridgehead atoms. The zero-order valence-corrected chi connectivity index (χ0v) is 11.3. The second-order valence-electron chi connectivity index (χ2n) is 5.36. The fourth-order valence-corrected chi connectivity index (χ4v) is 2.86. The molecule has 2 unspecified atom stereocenters. The molecule has 1 amide bonds. The molecule has 18 heavy (non-hydrogen) atoms. The van der Waals surface area contributed by atoms with E-state index in [0.29, 0.717) is 31.8 Å². The van der Waals surface area contributed by atoms with Crippen LogP contribution >= 0.6 is 0 Å². The van der Waals surface area contributed by atoms with E-state index in [1.807, 2.05) is 0 Å². The van der Waals surface area contributed by atoms with Gasteiger partial charge in [-0.1, -0.05) is 0 Å². The molecule has 2 rings (SSSR count). The summed E-state index contributed by atoms with van der Waals surface area (Å²) in [7, 11) is 1.68. The van der Waals surface area contributed by atoms with Crippen molar-refractivity contribution in [3.8, 4) is 0 Å². The van der Waals surface area contributed by atoms with Crippen LogP contribution < -0.4 is 10.6 Å². The summed E-state index contributed by atoms with van der Waals surface area (Å²) >= 11 is 0. The van der Waals surface area contributed by atoms with Gasteiger partial charge in [0.05, 0.1) is 6.54 Å². The molecule has 2 saturated heterocycles. The minimum absolute atomic E-state index is 0.142. The first-order chi connectivity index (χ1) is 8.78. The van der Waals surface area contributed by atoms with E-state index in [0.717, 1.165) is 19.5 Å². The Morgan fingerprint density at radius 2 is 2.22 bits per heavy atom. The minimum atomic E-state index is 0.142. The average molecular weight is 255 g/mol. The van der Waals surface area contributed by atoms with Crippen LogP contribution in [0.25, 0.3) is 0 Å². The Morgan fingerprint density at radius 1 is 1.39 bits per heavy atom. The van der Waals surface area contributed by atoms with Crippen molar-refractivity contribution >= 4 is 5.91 Å². The Morgan fingerprint density at radius 3 is 3.06 bits per heavy atom. The number of hydrogen-bond donors (Lipinski definition) is 2. The smallest absolute Gasteiger partial charge is 0.234 e. The van der Waals surface area contributed by atoms with Crippen molar-refractivity contribution in [1.82, 2.24) is 15.5 Å². The monoisotopic (exact) mass is 255 g/mol. The van der Waals surface area contributed by atoms with Gasteiger partial charge in [-0.3, -0.25) is 9.69 Å². The maximum Gasteiger partial charge on any atom is 0.234 e. The Labute approximate surface area is 109 Å². The molecule has 2 aliphatic rings. The van der Waals surface area contributed by atoms with Crippen molar-refractivity contribution in [2.75, 3.05) is 39.9 Å². The molecule has 2 atom stereocenters. The summed E-state index contributed by atoms with van der Waals surface area (Å²) < 4.78 is 4.95. The summed E-state index contributed by atoms with van der Waals surface area (Å²) in [6, 6.07) is 1.28. The van der Waals surface area contributed by atoms with E-state index < -0.39 is 0 Å². The van der Waals surface area contributed by atoms with E-state index in [9.17, 15) is 4.79 Å². The van der Waals surface area contributed by atoms with Gasteiger partial charge < -0.3 is 15.4 Å². The molecule has 2 N–H and O–H groups in total. The van der Waals surface area contributed by atoms with Crippen molar-refractivity contribution in [3.05, 3.63) is 0 Å². The van der Waals surface area contributed by atoms with Crippen molar-refractivity contribution in [2.45, 2.75) is 37.8 Å². The van der Waals surface area contributed by atoms with E-state index in [4.69, 9.17) is 4.74 Å². The molecule has 0 aromatic heterocycles. The van der Waals surface area contributed by atoms with Crippen molar-refractivity contribution in [1.29, 1.82) is 0 Å². The molecular weight excluding hydrogens is 230 g/mol. The molecule has 0 spiro atoms. The third-order valence-corrected chi connectivity index (χ3v) is 3.82. The first-order valence-corrected chi connectivity index (χ1v) is 7.02. The lowest BCUT2D eigenvalue weighted by atomic mass is 10.1. The summed E-state index contributed by atoms with van der Waals surface area (Å²) in [6.07, 6.45) is 4.63. The summed E-state index contributed by atoms with van der Waals surface area (Å²) in [4.78, 5) is 14.1. The van der Waals surface area contributed by atoms with Crippen LogP contribution in [0.4, 0.5) is 0 Å². The van der Waals surface area contributed by atoms with Gasteiger partial charge in [-0.25, -0.2) is 0 Å². The maximum absolute atomic E-state index is 11.8. The second kappa shape index (κ2) is 7.07. The number of nitrogens with one attached hydrogen (secondary N) is 2. The molecule has 0 aromatic carbocycles. The summed E-state index contributed by atoms with van der Waals surface area (Å²) in [5.41, 5.74) is 0. The third-order valence-electron chi connectivity index (χ3n) is 3.82. The molecule has 0 aliphatic carbocycles. The number of fused-ring (bicyclic) bond motifs is 2. The lowest BCUT2D eigenvalue weighted by Gasteiger charge is -2.23. The number of nitrogens with zero attached hydrogens (tertiary/aromatic N) is 1. The van der Waals surface area contributed by atoms with Crippen LogP contribution in [0, 0.1) is 0 Å². The van der Waals surface area contributed by atoms with Crippen molar-refractivity contribution in [3.63, 3.8) is 0 Å². The number of carbonyl (C=O) groups is 1. The first-order valence-electron chi connectivity index (χ1n) is 7.02. The summed E-state index contributed by atoms with van der Waals surface area (Å²) in [5.74, 6) is 0.142. The van der Waals surface area contributed by atoms with Crippen LogP contribution in [0.15, 0.2) is 0 Å². The first kappa shape index (κ1) is 13.8. The lowest BCUT2D eigenvalue weighted by molar-refractivity contribution is -0.122. The number of methoxy groups -OCH3 is 1. The zero-order valence-electron chi connectivity index (χ0n) is 11.3. The molecule has 0 saturated carbocycles. The number of rotatable bonds is 6. The van der Waals surface area contributed by atoms with Crippen LogP contribution in [-0.2, 0) is 9.53 Å². The Balaban J connectivity index is 1.64. The van der Waals surface area contributed by atoms with Gasteiger partial charge in [-0.05, 0) is 25.7 Å². The molecule has 5 nitrogen and oxygen atoms in total. The van der Waals surface area contributed by atoms with Gasteiger partial charge >= 0.3 is 0 Å². The van der Waals surface area contributed by atoms with Crippen LogP contribution in [0.3, 0.4) is 0 Å². The van der Waals surface area contributed by atoms with Crippen LogP contribution in [-0.4, -0.2) is 62.8 Å². The molecule has 0 aromatic rings. The van der Waals surface area contributed by atoms with Gasteiger partial charge in [-0.2, -0.15) is 0 Å². The second-order valence-corrected chi connectivity index (χ2v) is 5.36. The fraction of sp³-hybridized carbons (Fsp3) is 0.923. The van der Waals surface area contributed by atoms with Gasteiger partial charge in [0.2, 0.25) is 5.91 Å². The standard InChI is InChI=1S/C13H25N3O2/c1-18-8-2-6-14-13(17)10-16-7-5-11-3-4-12(9-16)15-11/h11-12,15H,2-10H2,1H3,(H,14,17). The number of carbonyl (C=O) groups excluding carboxylic acids is 1. The molecule has 2 aliphatic heterocycles. The molecular formula is C13H25N3O2. The largest absolute Gasteiger partial charge is 0.385 e. The molecule has 5 heteroatoms. The zero-order chi connectivity index (χ0) is 12.8. The Kier molecular flexibility index (Phi) is 5.41. The van der Waals surface area contributed by atoms with Crippen molar-refractivity contribution < 1.29 is 9.53 Å². The molecule has 2 heterocycles. The van der Waals surface area contributed by atoms with E-state index in [2.05, 4.69) is 15.5 Å². The fourth-order valence-electron chi connectivity index (χ4n) is 2.86.